The molecule has 0 aliphatic rings. The highest BCUT2D eigenvalue weighted by Gasteiger charge is 2.25. The number of nitrogens with one attached hydrogen (secondary N) is 1. The van der Waals surface area contributed by atoms with Gasteiger partial charge in [0.15, 0.2) is 0 Å². The topological polar surface area (TPSA) is 75.3 Å². The van der Waals surface area contributed by atoms with Crippen molar-refractivity contribution in [1.82, 2.24) is 5.32 Å². The number of rotatable bonds is 7. The number of aliphatic hydroxyl groups excluding tert-OH is 1. The molecule has 0 radical (unpaired) electrons. The number of hydrogen-bond donors (Lipinski definition) is 3. The van der Waals surface area contributed by atoms with Crippen molar-refractivity contribution in [3.63, 3.8) is 0 Å². The van der Waals surface area contributed by atoms with Gasteiger partial charge in [-0.3, -0.25) is 4.79 Å². The Hall–Kier alpha value is -0.610. The summed E-state index contributed by atoms with van der Waals surface area (Å²) in [6.45, 7) is 5.07. The Labute approximate surface area is 85.9 Å². The fourth-order valence-electron chi connectivity index (χ4n) is 1.29. The molecular weight excluding hydrogens is 180 g/mol. The minimum absolute atomic E-state index is 0.0350. The molecule has 0 atom stereocenters. The summed E-state index contributed by atoms with van der Waals surface area (Å²) in [6.07, 6.45) is 2.08. The minimum Gasteiger partial charge on any atom is -0.396 e. The van der Waals surface area contributed by atoms with E-state index >= 15 is 0 Å². The molecule has 4 N–H and O–H groups in total. The molecule has 0 saturated carbocycles. The monoisotopic (exact) mass is 202 g/mol. The van der Waals surface area contributed by atoms with E-state index in [9.17, 15) is 9.90 Å². The number of carbonyl (C=O) groups is 1. The number of aliphatic hydroxyl groups is 1. The first-order valence-electron chi connectivity index (χ1n) is 5.21. The van der Waals surface area contributed by atoms with Gasteiger partial charge in [0, 0.05) is 24.9 Å². The van der Waals surface area contributed by atoms with E-state index in [1.54, 1.807) is 0 Å². The van der Waals surface area contributed by atoms with Gasteiger partial charge in [-0.05, 0) is 12.8 Å². The largest absolute Gasteiger partial charge is 0.396 e. The van der Waals surface area contributed by atoms with Crippen molar-refractivity contribution in [3.8, 4) is 0 Å². The smallest absolute Gasteiger partial charge is 0.221 e. The van der Waals surface area contributed by atoms with Gasteiger partial charge in [-0.15, -0.1) is 0 Å². The average molecular weight is 202 g/mol. The van der Waals surface area contributed by atoms with Crippen LogP contribution < -0.4 is 11.1 Å². The summed E-state index contributed by atoms with van der Waals surface area (Å²) in [5.74, 6) is -0.0350. The van der Waals surface area contributed by atoms with E-state index < -0.39 is 0 Å². The zero-order valence-corrected chi connectivity index (χ0v) is 9.18. The zero-order chi connectivity index (χ0) is 11.0. The van der Waals surface area contributed by atoms with Crippen molar-refractivity contribution in [2.24, 2.45) is 11.1 Å². The maximum atomic E-state index is 11.2. The van der Waals surface area contributed by atoms with Crippen molar-refractivity contribution in [1.29, 1.82) is 0 Å². The summed E-state index contributed by atoms with van der Waals surface area (Å²) in [5, 5.41) is 12.0. The van der Waals surface area contributed by atoms with Gasteiger partial charge in [-0.1, -0.05) is 13.8 Å². The van der Waals surface area contributed by atoms with Crippen LogP contribution in [0.2, 0.25) is 0 Å². The second-order valence-electron chi connectivity index (χ2n) is 3.68. The number of nitrogens with two attached hydrogens (primary N) is 1. The summed E-state index contributed by atoms with van der Waals surface area (Å²) >= 11 is 0. The third-order valence-corrected chi connectivity index (χ3v) is 2.87. The predicted octanol–water partition coefficient (Wildman–Crippen LogP) is 0.250. The van der Waals surface area contributed by atoms with Gasteiger partial charge >= 0.3 is 0 Å². The van der Waals surface area contributed by atoms with Crippen molar-refractivity contribution in [2.45, 2.75) is 33.1 Å². The summed E-state index contributed by atoms with van der Waals surface area (Å²) < 4.78 is 0. The Kier molecular flexibility index (Phi) is 6.49. The molecule has 0 aliphatic heterocycles. The van der Waals surface area contributed by atoms with Gasteiger partial charge < -0.3 is 16.2 Å². The van der Waals surface area contributed by atoms with Gasteiger partial charge in [-0.25, -0.2) is 0 Å². The normalized spacial score (nSPS) is 11.4. The van der Waals surface area contributed by atoms with Crippen LogP contribution in [0.4, 0.5) is 0 Å². The van der Waals surface area contributed by atoms with E-state index in [2.05, 4.69) is 5.32 Å². The van der Waals surface area contributed by atoms with Crippen LogP contribution in [0.25, 0.3) is 0 Å². The fraction of sp³-hybridized carbons (Fsp3) is 0.900. The lowest BCUT2D eigenvalue weighted by atomic mass is 9.83. The van der Waals surface area contributed by atoms with E-state index in [-0.39, 0.29) is 17.9 Å². The molecule has 0 saturated heterocycles. The van der Waals surface area contributed by atoms with Crippen LogP contribution >= 0.6 is 0 Å². The fourth-order valence-corrected chi connectivity index (χ4v) is 1.29. The van der Waals surface area contributed by atoms with E-state index in [1.165, 1.54) is 0 Å². The Balaban J connectivity index is 3.99. The zero-order valence-electron chi connectivity index (χ0n) is 9.18. The van der Waals surface area contributed by atoms with Crippen LogP contribution in [-0.2, 0) is 4.79 Å². The molecule has 0 fully saturated rings. The van der Waals surface area contributed by atoms with Crippen molar-refractivity contribution in [3.05, 3.63) is 0 Å². The molecule has 1 amide bonds. The highest BCUT2D eigenvalue weighted by atomic mass is 16.3. The SMILES string of the molecule is CCC(CC)(CO)CNC(=O)CCN. The van der Waals surface area contributed by atoms with E-state index in [0.717, 1.165) is 12.8 Å². The minimum atomic E-state index is -0.162. The molecule has 0 unspecified atom stereocenters. The highest BCUT2D eigenvalue weighted by molar-refractivity contribution is 5.76. The first-order chi connectivity index (χ1) is 6.64. The molecular formula is C10H22N2O2. The molecule has 4 nitrogen and oxygen atoms in total. The lowest BCUT2D eigenvalue weighted by Gasteiger charge is -2.29. The molecule has 0 bridgehead atoms. The molecule has 0 aromatic rings. The number of carbonyl (C=O) groups excluding carboxylic acids is 1. The highest BCUT2D eigenvalue weighted by Crippen LogP contribution is 2.24. The molecule has 0 spiro atoms. The Morgan fingerprint density at radius 3 is 2.36 bits per heavy atom. The standard InChI is InChI=1S/C10H22N2O2/c1-3-10(4-2,8-13)7-12-9(14)5-6-11/h13H,3-8,11H2,1-2H3,(H,12,14). The van der Waals surface area contributed by atoms with Crippen LogP contribution in [0.5, 0.6) is 0 Å². The molecule has 0 aliphatic carbocycles. The van der Waals surface area contributed by atoms with Gasteiger partial charge in [0.2, 0.25) is 5.91 Å². The Morgan fingerprint density at radius 2 is 2.00 bits per heavy atom. The lowest BCUT2D eigenvalue weighted by Crippen LogP contribution is -2.39. The summed E-state index contributed by atoms with van der Waals surface area (Å²) in [7, 11) is 0. The predicted molar refractivity (Wildman–Crippen MR) is 56.8 cm³/mol. The van der Waals surface area contributed by atoms with Crippen molar-refractivity contribution in [2.75, 3.05) is 19.7 Å². The Morgan fingerprint density at radius 1 is 1.43 bits per heavy atom. The van der Waals surface area contributed by atoms with Crippen LogP contribution in [0.15, 0.2) is 0 Å². The number of hydrogen-bond acceptors (Lipinski definition) is 3. The van der Waals surface area contributed by atoms with E-state index in [0.29, 0.717) is 19.5 Å². The van der Waals surface area contributed by atoms with Crippen LogP contribution in [-0.4, -0.2) is 30.7 Å². The second kappa shape index (κ2) is 6.79. The summed E-state index contributed by atoms with van der Waals surface area (Å²) in [5.41, 5.74) is 5.09. The molecule has 0 rings (SSSR count). The van der Waals surface area contributed by atoms with Gasteiger partial charge in [0.05, 0.1) is 6.61 Å². The lowest BCUT2D eigenvalue weighted by molar-refractivity contribution is -0.121. The molecule has 4 heteroatoms. The van der Waals surface area contributed by atoms with Crippen LogP contribution in [0.3, 0.4) is 0 Å². The first-order valence-corrected chi connectivity index (χ1v) is 5.21. The van der Waals surface area contributed by atoms with Gasteiger partial charge in [0.25, 0.3) is 0 Å². The number of amides is 1. The third-order valence-electron chi connectivity index (χ3n) is 2.87. The maximum absolute atomic E-state index is 11.2. The van der Waals surface area contributed by atoms with E-state index in [1.807, 2.05) is 13.8 Å². The summed E-state index contributed by atoms with van der Waals surface area (Å²) in [6, 6.07) is 0. The van der Waals surface area contributed by atoms with Gasteiger partial charge in [0.1, 0.15) is 0 Å². The average Bonchev–Trinajstić information content (AvgIpc) is 2.21. The molecule has 0 aromatic carbocycles. The van der Waals surface area contributed by atoms with Crippen molar-refractivity contribution >= 4 is 5.91 Å². The third kappa shape index (κ3) is 4.07. The molecule has 0 aromatic heterocycles. The quantitative estimate of drug-likeness (QED) is 0.554. The van der Waals surface area contributed by atoms with E-state index in [4.69, 9.17) is 5.73 Å². The second-order valence-corrected chi connectivity index (χ2v) is 3.68. The molecule has 84 valence electrons. The maximum Gasteiger partial charge on any atom is 0.221 e. The van der Waals surface area contributed by atoms with Crippen LogP contribution in [0.1, 0.15) is 33.1 Å². The van der Waals surface area contributed by atoms with Gasteiger partial charge in [-0.2, -0.15) is 0 Å². The molecule has 14 heavy (non-hydrogen) atoms. The van der Waals surface area contributed by atoms with Crippen molar-refractivity contribution < 1.29 is 9.90 Å². The summed E-state index contributed by atoms with van der Waals surface area (Å²) in [4.78, 5) is 11.2. The Bertz CT molecular complexity index is 159. The van der Waals surface area contributed by atoms with Crippen LogP contribution in [0, 0.1) is 5.41 Å². The first kappa shape index (κ1) is 13.4. The molecule has 0 heterocycles.